The monoisotopic (exact) mass is 390 g/mol. The van der Waals surface area contributed by atoms with E-state index < -0.39 is 0 Å². The SMILES string of the molecule is O=C(c1cccc(Cn2cnc3c(Cl)nc4ccccc4c32)c1)N1CCCC1. The summed E-state index contributed by atoms with van der Waals surface area (Å²) >= 11 is 6.35. The highest BCUT2D eigenvalue weighted by Crippen LogP contribution is 2.28. The maximum atomic E-state index is 12.7. The highest BCUT2D eigenvalue weighted by molar-refractivity contribution is 6.35. The molecule has 1 amide bonds. The molecule has 0 radical (unpaired) electrons. The molecule has 2 aromatic carbocycles. The van der Waals surface area contributed by atoms with Gasteiger partial charge in [0.05, 0.1) is 17.4 Å². The second kappa shape index (κ2) is 6.91. The molecule has 0 bridgehead atoms. The van der Waals surface area contributed by atoms with Crippen molar-refractivity contribution in [3.05, 3.63) is 71.1 Å². The lowest BCUT2D eigenvalue weighted by Gasteiger charge is -2.16. The number of likely N-dealkylation sites (tertiary alicyclic amines) is 1. The fourth-order valence-corrected chi connectivity index (χ4v) is 4.20. The van der Waals surface area contributed by atoms with E-state index in [0.29, 0.717) is 17.2 Å². The lowest BCUT2D eigenvalue weighted by molar-refractivity contribution is 0.0792. The Kier molecular flexibility index (Phi) is 4.24. The van der Waals surface area contributed by atoms with Crippen LogP contribution in [-0.2, 0) is 6.54 Å². The van der Waals surface area contributed by atoms with Gasteiger partial charge in [-0.1, -0.05) is 41.9 Å². The molecule has 6 heteroatoms. The van der Waals surface area contributed by atoms with Gasteiger partial charge in [0.1, 0.15) is 5.52 Å². The summed E-state index contributed by atoms with van der Waals surface area (Å²) in [6.07, 6.45) is 3.97. The molecule has 4 aromatic rings. The number of fused-ring (bicyclic) bond motifs is 3. The minimum atomic E-state index is 0.118. The van der Waals surface area contributed by atoms with Crippen molar-refractivity contribution in [2.75, 3.05) is 13.1 Å². The van der Waals surface area contributed by atoms with Crippen molar-refractivity contribution < 1.29 is 4.79 Å². The predicted molar refractivity (Wildman–Crippen MR) is 111 cm³/mol. The van der Waals surface area contributed by atoms with E-state index in [1.165, 1.54) is 0 Å². The first-order valence-electron chi connectivity index (χ1n) is 9.48. The van der Waals surface area contributed by atoms with Crippen molar-refractivity contribution in [2.45, 2.75) is 19.4 Å². The molecule has 5 nitrogen and oxygen atoms in total. The third kappa shape index (κ3) is 2.92. The lowest BCUT2D eigenvalue weighted by atomic mass is 10.1. The second-order valence-corrected chi connectivity index (χ2v) is 7.55. The fourth-order valence-electron chi connectivity index (χ4n) is 3.97. The summed E-state index contributed by atoms with van der Waals surface area (Å²) in [4.78, 5) is 23.6. The van der Waals surface area contributed by atoms with Crippen molar-refractivity contribution in [1.29, 1.82) is 0 Å². The third-order valence-corrected chi connectivity index (χ3v) is 5.59. The zero-order chi connectivity index (χ0) is 19.1. The first-order chi connectivity index (χ1) is 13.7. The summed E-state index contributed by atoms with van der Waals surface area (Å²) in [5.41, 5.74) is 4.31. The van der Waals surface area contributed by atoms with Gasteiger partial charge in [-0.3, -0.25) is 4.79 Å². The number of benzene rings is 2. The van der Waals surface area contributed by atoms with E-state index in [1.807, 2.05) is 53.4 Å². The van der Waals surface area contributed by atoms with Gasteiger partial charge in [0.25, 0.3) is 5.91 Å². The Morgan fingerprint density at radius 3 is 2.75 bits per heavy atom. The van der Waals surface area contributed by atoms with Crippen LogP contribution in [0.5, 0.6) is 0 Å². The highest BCUT2D eigenvalue weighted by atomic mass is 35.5. The number of hydrogen-bond donors (Lipinski definition) is 0. The van der Waals surface area contributed by atoms with Crippen molar-refractivity contribution in [2.24, 2.45) is 0 Å². The summed E-state index contributed by atoms with van der Waals surface area (Å²) in [6, 6.07) is 15.8. The topological polar surface area (TPSA) is 51.0 Å². The fraction of sp³-hybridized carbons (Fsp3) is 0.227. The van der Waals surface area contributed by atoms with Crippen LogP contribution in [-0.4, -0.2) is 38.4 Å². The van der Waals surface area contributed by atoms with Gasteiger partial charge < -0.3 is 9.47 Å². The Bertz CT molecular complexity index is 1190. The molecule has 0 atom stereocenters. The van der Waals surface area contributed by atoms with Gasteiger partial charge in [0.2, 0.25) is 0 Å². The Labute approximate surface area is 167 Å². The molecule has 2 aromatic heterocycles. The average molecular weight is 391 g/mol. The Morgan fingerprint density at radius 2 is 1.89 bits per heavy atom. The summed E-state index contributed by atoms with van der Waals surface area (Å²) in [5.74, 6) is 0.118. The number of carbonyl (C=O) groups excluding carboxylic acids is 1. The van der Waals surface area contributed by atoms with E-state index in [-0.39, 0.29) is 5.91 Å². The molecular formula is C22H19ClN4O. The Hall–Kier alpha value is -2.92. The summed E-state index contributed by atoms with van der Waals surface area (Å²) in [5, 5.41) is 1.43. The summed E-state index contributed by atoms with van der Waals surface area (Å²) < 4.78 is 2.07. The molecule has 0 saturated carbocycles. The zero-order valence-corrected chi connectivity index (χ0v) is 16.1. The Balaban J connectivity index is 1.54. The number of aromatic nitrogens is 3. The van der Waals surface area contributed by atoms with E-state index in [9.17, 15) is 4.79 Å². The van der Waals surface area contributed by atoms with Crippen LogP contribution in [0.4, 0.5) is 0 Å². The van der Waals surface area contributed by atoms with E-state index in [4.69, 9.17) is 11.6 Å². The molecule has 3 heterocycles. The maximum Gasteiger partial charge on any atom is 0.253 e. The summed E-state index contributed by atoms with van der Waals surface area (Å²) in [7, 11) is 0. The molecule has 0 unspecified atom stereocenters. The standard InChI is InChI=1S/C22H19ClN4O/c23-21-19-20(17-8-1-2-9-18(17)25-21)27(14-24-19)13-15-6-5-7-16(12-15)22(28)26-10-3-4-11-26/h1-2,5-9,12,14H,3-4,10-11,13H2. The first-order valence-corrected chi connectivity index (χ1v) is 9.86. The maximum absolute atomic E-state index is 12.7. The molecule has 1 aliphatic rings. The van der Waals surface area contributed by atoms with Gasteiger partial charge in [-0.15, -0.1) is 0 Å². The van der Waals surface area contributed by atoms with Gasteiger partial charge in [0.15, 0.2) is 5.15 Å². The van der Waals surface area contributed by atoms with Gasteiger partial charge in [-0.05, 0) is 36.6 Å². The van der Waals surface area contributed by atoms with E-state index in [2.05, 4.69) is 14.5 Å². The number of rotatable bonds is 3. The van der Waals surface area contributed by atoms with Gasteiger partial charge in [0, 0.05) is 30.6 Å². The predicted octanol–water partition coefficient (Wildman–Crippen LogP) is 4.52. The number of carbonyl (C=O) groups is 1. The molecule has 28 heavy (non-hydrogen) atoms. The van der Waals surface area contributed by atoms with Crippen LogP contribution < -0.4 is 0 Å². The van der Waals surface area contributed by atoms with Crippen molar-refractivity contribution in [1.82, 2.24) is 19.4 Å². The normalized spacial score (nSPS) is 14.2. The van der Waals surface area contributed by atoms with Crippen molar-refractivity contribution in [3.8, 4) is 0 Å². The summed E-state index contributed by atoms with van der Waals surface area (Å²) in [6.45, 7) is 2.32. The smallest absolute Gasteiger partial charge is 0.253 e. The van der Waals surface area contributed by atoms with Gasteiger partial charge in [-0.25, -0.2) is 9.97 Å². The van der Waals surface area contributed by atoms with Crippen LogP contribution in [0.15, 0.2) is 54.9 Å². The van der Waals surface area contributed by atoms with E-state index in [0.717, 1.165) is 53.5 Å². The van der Waals surface area contributed by atoms with Crippen LogP contribution in [0.2, 0.25) is 5.15 Å². The van der Waals surface area contributed by atoms with Crippen molar-refractivity contribution in [3.63, 3.8) is 0 Å². The van der Waals surface area contributed by atoms with Crippen LogP contribution in [0.1, 0.15) is 28.8 Å². The average Bonchev–Trinajstić information content (AvgIpc) is 3.39. The molecule has 0 spiro atoms. The first kappa shape index (κ1) is 17.2. The minimum absolute atomic E-state index is 0.118. The number of imidazole rings is 1. The van der Waals surface area contributed by atoms with Crippen LogP contribution in [0.3, 0.4) is 0 Å². The minimum Gasteiger partial charge on any atom is -0.339 e. The lowest BCUT2D eigenvalue weighted by Crippen LogP contribution is -2.27. The number of pyridine rings is 1. The molecule has 140 valence electrons. The van der Waals surface area contributed by atoms with Gasteiger partial charge >= 0.3 is 0 Å². The molecule has 0 aliphatic carbocycles. The Morgan fingerprint density at radius 1 is 1.07 bits per heavy atom. The molecular weight excluding hydrogens is 372 g/mol. The number of hydrogen-bond acceptors (Lipinski definition) is 3. The van der Waals surface area contributed by atoms with E-state index in [1.54, 1.807) is 6.33 Å². The van der Waals surface area contributed by atoms with Crippen LogP contribution >= 0.6 is 11.6 Å². The number of nitrogens with zero attached hydrogens (tertiary/aromatic N) is 4. The number of halogens is 1. The largest absolute Gasteiger partial charge is 0.339 e. The number of para-hydroxylation sites is 1. The molecule has 1 aliphatic heterocycles. The van der Waals surface area contributed by atoms with Crippen LogP contribution in [0.25, 0.3) is 21.9 Å². The molecule has 0 N–H and O–H groups in total. The van der Waals surface area contributed by atoms with Gasteiger partial charge in [-0.2, -0.15) is 0 Å². The quantitative estimate of drug-likeness (QED) is 0.483. The number of amides is 1. The van der Waals surface area contributed by atoms with E-state index >= 15 is 0 Å². The second-order valence-electron chi connectivity index (χ2n) is 7.19. The highest BCUT2D eigenvalue weighted by Gasteiger charge is 2.20. The third-order valence-electron chi connectivity index (χ3n) is 5.33. The van der Waals surface area contributed by atoms with Crippen LogP contribution in [0, 0.1) is 0 Å². The van der Waals surface area contributed by atoms with Crippen molar-refractivity contribution >= 4 is 39.4 Å². The molecule has 5 rings (SSSR count). The molecule has 1 saturated heterocycles. The zero-order valence-electron chi connectivity index (χ0n) is 15.3. The molecule has 1 fully saturated rings.